The second kappa shape index (κ2) is 5.22. The van der Waals surface area contributed by atoms with Gasteiger partial charge in [0.2, 0.25) is 0 Å². The number of rotatable bonds is 3. The van der Waals surface area contributed by atoms with Gasteiger partial charge < -0.3 is 5.32 Å². The predicted molar refractivity (Wildman–Crippen MR) is 61.5 cm³/mol. The van der Waals surface area contributed by atoms with Crippen molar-refractivity contribution in [3.63, 3.8) is 0 Å². The molecule has 0 bridgehead atoms. The average molecular weight is 317 g/mol. The molecule has 0 fully saturated rings. The van der Waals surface area contributed by atoms with Crippen LogP contribution < -0.4 is 5.32 Å². The van der Waals surface area contributed by atoms with Gasteiger partial charge in [-0.05, 0) is 35.3 Å². The van der Waals surface area contributed by atoms with Gasteiger partial charge >= 0.3 is 16.5 Å². The highest BCUT2D eigenvalue weighted by atomic mass is 35.5. The summed E-state index contributed by atoms with van der Waals surface area (Å²) in [5, 5.41) is 12.1. The molecule has 1 aromatic rings. The van der Waals surface area contributed by atoms with Crippen LogP contribution >= 0.6 is 23.2 Å². The molecule has 0 saturated heterocycles. The van der Waals surface area contributed by atoms with Gasteiger partial charge in [0.25, 0.3) is 0 Å². The number of alkyl halides is 5. The number of para-hydroxylation sites is 1. The van der Waals surface area contributed by atoms with E-state index in [0.29, 0.717) is 6.07 Å². The van der Waals surface area contributed by atoms with Crippen LogP contribution in [0.25, 0.3) is 0 Å². The van der Waals surface area contributed by atoms with Crippen LogP contribution in [-0.4, -0.2) is 15.3 Å². The van der Waals surface area contributed by atoms with Crippen LogP contribution in [0.3, 0.4) is 0 Å². The molecule has 10 heteroatoms. The third-order valence-corrected chi connectivity index (χ3v) is 2.60. The minimum Gasteiger partial charge on any atom is -0.317 e. The number of nitrogens with zero attached hydrogens (tertiary/aromatic N) is 1. The van der Waals surface area contributed by atoms with Gasteiger partial charge in [-0.25, -0.2) is 0 Å². The summed E-state index contributed by atoms with van der Waals surface area (Å²) in [4.78, 5) is 20.4. The van der Waals surface area contributed by atoms with Crippen LogP contribution in [0.2, 0.25) is 0 Å². The number of hydrogen-bond acceptors (Lipinski definition) is 3. The Hall–Kier alpha value is -1.54. The van der Waals surface area contributed by atoms with Gasteiger partial charge in [0, 0.05) is 0 Å². The number of anilines is 1. The summed E-state index contributed by atoms with van der Waals surface area (Å²) >= 11 is 10.2. The van der Waals surface area contributed by atoms with E-state index < -0.39 is 32.7 Å². The number of hydrogen-bond donors (Lipinski definition) is 1. The Balaban J connectivity index is 3.08. The molecule has 0 heterocycles. The highest BCUT2D eigenvalue weighted by Crippen LogP contribution is 2.35. The Bertz CT molecular complexity index is 520. The Labute approximate surface area is 114 Å². The van der Waals surface area contributed by atoms with Crippen LogP contribution in [0.15, 0.2) is 24.3 Å². The van der Waals surface area contributed by atoms with Crippen LogP contribution in [-0.2, 0) is 11.0 Å². The Morgan fingerprint density at radius 2 is 1.79 bits per heavy atom. The molecule has 1 aromatic carbocycles. The third-order valence-electron chi connectivity index (χ3n) is 1.98. The molecule has 5 nitrogen and oxygen atoms in total. The molecule has 0 aromatic heterocycles. The molecule has 1 amide bonds. The van der Waals surface area contributed by atoms with Crippen molar-refractivity contribution in [2.75, 3.05) is 5.32 Å². The maximum Gasteiger partial charge on any atom is 0.448 e. The van der Waals surface area contributed by atoms with Crippen LogP contribution in [0, 0.1) is 10.1 Å². The molecule has 0 unspecified atom stereocenters. The number of halogens is 5. The maximum absolute atomic E-state index is 12.6. The number of carbonyl (C=O) groups excluding carboxylic acids is 1. The first-order valence-corrected chi connectivity index (χ1v) is 5.32. The molecule has 0 spiro atoms. The lowest BCUT2D eigenvalue weighted by Crippen LogP contribution is -2.39. The Morgan fingerprint density at radius 1 is 1.26 bits per heavy atom. The Morgan fingerprint density at radius 3 is 2.26 bits per heavy atom. The molecule has 0 aliphatic rings. The first-order chi connectivity index (χ1) is 8.56. The van der Waals surface area contributed by atoms with Gasteiger partial charge in [-0.1, -0.05) is 12.1 Å². The quantitative estimate of drug-likeness (QED) is 0.403. The smallest absolute Gasteiger partial charge is 0.317 e. The summed E-state index contributed by atoms with van der Waals surface area (Å²) in [6.07, 6.45) is -4.74. The topological polar surface area (TPSA) is 72.2 Å². The van der Waals surface area contributed by atoms with Gasteiger partial charge in [-0.3, -0.25) is 14.9 Å². The zero-order valence-electron chi connectivity index (χ0n) is 8.87. The van der Waals surface area contributed by atoms with E-state index >= 15 is 0 Å². The van der Waals surface area contributed by atoms with E-state index in [1.54, 1.807) is 5.32 Å². The van der Waals surface area contributed by atoms with E-state index in [9.17, 15) is 28.1 Å². The van der Waals surface area contributed by atoms with E-state index in [0.717, 1.165) is 12.1 Å². The molecule has 104 valence electrons. The molecule has 1 rings (SSSR count). The molecular formula is C9H5Cl2F3N2O3. The predicted octanol–water partition coefficient (Wildman–Crippen LogP) is 3.05. The molecular weight excluding hydrogens is 312 g/mol. The van der Waals surface area contributed by atoms with Gasteiger partial charge in [-0.2, -0.15) is 13.2 Å². The molecule has 0 atom stereocenters. The van der Waals surface area contributed by atoms with Crippen molar-refractivity contribution in [2.45, 2.75) is 10.6 Å². The SMILES string of the molecule is O=C(Nc1ccccc1C(F)(F)F)C(Cl)(Cl)[N+](=O)[O-]. The lowest BCUT2D eigenvalue weighted by atomic mass is 10.1. The number of nitrogens with one attached hydrogen (secondary N) is 1. The standard InChI is InChI=1S/C9H5Cl2F3N2O3/c10-8(11,16(18)19)7(17)15-6-4-2-1-3-5(6)9(12,13)14/h1-4H,(H,15,17). The second-order valence-corrected chi connectivity index (χ2v) is 4.58. The van der Waals surface area contributed by atoms with E-state index in [-0.39, 0.29) is 0 Å². The lowest BCUT2D eigenvalue weighted by molar-refractivity contribution is -0.500. The van der Waals surface area contributed by atoms with Gasteiger partial charge in [0.05, 0.1) is 16.2 Å². The van der Waals surface area contributed by atoms with E-state index in [2.05, 4.69) is 0 Å². The number of amides is 1. The van der Waals surface area contributed by atoms with Crippen LogP contribution in [0.1, 0.15) is 5.56 Å². The summed E-state index contributed by atoms with van der Waals surface area (Å²) in [5.41, 5.74) is -1.84. The highest BCUT2D eigenvalue weighted by molar-refractivity contribution is 6.57. The number of carbonyl (C=O) groups is 1. The first kappa shape index (κ1) is 15.5. The summed E-state index contributed by atoms with van der Waals surface area (Å²) in [6, 6.07) is 3.93. The third kappa shape index (κ3) is 3.48. The largest absolute Gasteiger partial charge is 0.448 e. The fourth-order valence-electron chi connectivity index (χ4n) is 1.12. The average Bonchev–Trinajstić information content (AvgIpc) is 2.27. The zero-order valence-corrected chi connectivity index (χ0v) is 10.4. The highest BCUT2D eigenvalue weighted by Gasteiger charge is 2.48. The number of benzene rings is 1. The van der Waals surface area contributed by atoms with E-state index in [1.807, 2.05) is 0 Å². The van der Waals surface area contributed by atoms with Gasteiger partial charge in [-0.15, -0.1) is 0 Å². The number of nitro groups is 1. The molecule has 1 N–H and O–H groups in total. The van der Waals surface area contributed by atoms with Crippen molar-refractivity contribution < 1.29 is 22.9 Å². The normalized spacial score (nSPS) is 12.1. The van der Waals surface area contributed by atoms with Crippen LogP contribution in [0.4, 0.5) is 18.9 Å². The van der Waals surface area contributed by atoms with E-state index in [1.165, 1.54) is 6.07 Å². The van der Waals surface area contributed by atoms with Crippen molar-refractivity contribution in [1.82, 2.24) is 0 Å². The summed E-state index contributed by atoms with van der Waals surface area (Å²) in [6.45, 7) is 0. The zero-order chi connectivity index (χ0) is 14.8. The summed E-state index contributed by atoms with van der Waals surface area (Å²) < 4.78 is 34.7. The molecule has 0 aliphatic heterocycles. The van der Waals surface area contributed by atoms with Crippen molar-refractivity contribution in [2.24, 2.45) is 0 Å². The first-order valence-electron chi connectivity index (χ1n) is 4.57. The maximum atomic E-state index is 12.6. The summed E-state index contributed by atoms with van der Waals surface area (Å²) in [7, 11) is 0. The van der Waals surface area contributed by atoms with Crippen molar-refractivity contribution >= 4 is 34.8 Å². The monoisotopic (exact) mass is 316 g/mol. The van der Waals surface area contributed by atoms with Gasteiger partial charge in [0.15, 0.2) is 0 Å². The van der Waals surface area contributed by atoms with Crippen molar-refractivity contribution in [3.05, 3.63) is 39.9 Å². The fraction of sp³-hybridized carbons (Fsp3) is 0.222. The minimum atomic E-state index is -4.74. The van der Waals surface area contributed by atoms with Crippen molar-refractivity contribution in [3.8, 4) is 0 Å². The fourth-order valence-corrected chi connectivity index (χ4v) is 1.21. The van der Waals surface area contributed by atoms with Crippen LogP contribution in [0.5, 0.6) is 0 Å². The summed E-state index contributed by atoms with van der Waals surface area (Å²) in [5.74, 6) is -1.59. The molecule has 19 heavy (non-hydrogen) atoms. The van der Waals surface area contributed by atoms with Gasteiger partial charge in [0.1, 0.15) is 0 Å². The Kier molecular flexibility index (Phi) is 4.26. The minimum absolute atomic E-state index is 0.674. The van der Waals surface area contributed by atoms with E-state index in [4.69, 9.17) is 23.2 Å². The molecule has 0 radical (unpaired) electrons. The lowest BCUT2D eigenvalue weighted by Gasteiger charge is -2.15. The molecule has 0 saturated carbocycles. The molecule has 0 aliphatic carbocycles. The second-order valence-electron chi connectivity index (χ2n) is 3.30. The van der Waals surface area contributed by atoms with Crippen molar-refractivity contribution in [1.29, 1.82) is 0 Å².